The molecule has 2 fully saturated rings. The van der Waals surface area contributed by atoms with Crippen molar-refractivity contribution in [2.45, 2.75) is 88.9 Å². The molecule has 0 aromatic heterocycles. The van der Waals surface area contributed by atoms with Crippen molar-refractivity contribution in [3.05, 3.63) is 122 Å². The lowest BCUT2D eigenvalue weighted by atomic mass is 9.77. The van der Waals surface area contributed by atoms with Gasteiger partial charge in [0.1, 0.15) is 35.6 Å². The average Bonchev–Trinajstić information content (AvgIpc) is 3.63. The highest BCUT2D eigenvalue weighted by Gasteiger charge is 2.45. The molecular formula is C43H42O12. The minimum absolute atomic E-state index is 0.00819. The van der Waals surface area contributed by atoms with Gasteiger partial charge in [0.25, 0.3) is 0 Å². The van der Waals surface area contributed by atoms with Crippen LogP contribution >= 0.6 is 0 Å². The van der Waals surface area contributed by atoms with Crippen LogP contribution in [-0.4, -0.2) is 78.9 Å². The molecule has 7 rings (SSSR count). The van der Waals surface area contributed by atoms with Gasteiger partial charge in [0.05, 0.1) is 23.9 Å². The number of phenolic OH excluding ortho intramolecular Hbond substituents is 1. The number of hydrogen-bond donors (Lipinski definition) is 6. The lowest BCUT2D eigenvalue weighted by molar-refractivity contribution is -0.268. The standard InChI is InChI=1S/C43H42O12/c1-22-36(46)40(50)41(51)42(53-22)55-32-20-30-35(37(47)29(32)18-25-11-8-12-27(17-25)43(52)15-6-7-16-43)39(49)33-26(21-44)19-31(54-23(2)45)28(34(33)38(30)48)14-13-24-9-4-3-5-10-24/h3-5,8-14,17,19-20,22,36,40-42,44,46-47,50-52H,6-7,15-16,18,21H2,1-2H3/b14-13+/t22-,36+,40+,41+,42+/m0/s1. The average molecular weight is 751 g/mol. The molecule has 0 spiro atoms. The van der Waals surface area contributed by atoms with Crippen molar-refractivity contribution < 1.29 is 59.2 Å². The number of ether oxygens (including phenoxy) is 3. The molecule has 2 aliphatic carbocycles. The zero-order valence-corrected chi connectivity index (χ0v) is 30.3. The Bertz CT molecular complexity index is 2190. The molecule has 1 heterocycles. The Balaban J connectivity index is 1.41. The molecule has 4 aromatic rings. The third kappa shape index (κ3) is 7.08. The zero-order valence-electron chi connectivity index (χ0n) is 30.3. The van der Waals surface area contributed by atoms with E-state index in [1.54, 1.807) is 24.3 Å². The zero-order chi connectivity index (χ0) is 39.2. The first-order chi connectivity index (χ1) is 26.3. The fraction of sp³-hybridized carbons (Fsp3) is 0.326. The summed E-state index contributed by atoms with van der Waals surface area (Å²) in [7, 11) is 0. The van der Waals surface area contributed by atoms with E-state index < -0.39 is 66.2 Å². The van der Waals surface area contributed by atoms with Crippen molar-refractivity contribution >= 4 is 29.7 Å². The van der Waals surface area contributed by atoms with Gasteiger partial charge in [-0.1, -0.05) is 73.5 Å². The number of benzene rings is 4. The van der Waals surface area contributed by atoms with Crippen LogP contribution in [0.5, 0.6) is 17.2 Å². The number of carbonyl (C=O) groups is 3. The van der Waals surface area contributed by atoms with Gasteiger partial charge in [-0.2, -0.15) is 0 Å². The summed E-state index contributed by atoms with van der Waals surface area (Å²) in [5.41, 5.74) is 0.146. The van der Waals surface area contributed by atoms with Crippen molar-refractivity contribution in [3.63, 3.8) is 0 Å². The maximum absolute atomic E-state index is 14.7. The van der Waals surface area contributed by atoms with Crippen LogP contribution in [0.25, 0.3) is 12.2 Å². The number of ketones is 2. The molecule has 12 nitrogen and oxygen atoms in total. The van der Waals surface area contributed by atoms with E-state index in [1.165, 1.54) is 32.1 Å². The molecule has 5 atom stereocenters. The van der Waals surface area contributed by atoms with E-state index >= 15 is 0 Å². The number of rotatable bonds is 9. The topological polar surface area (TPSA) is 200 Å². The van der Waals surface area contributed by atoms with Crippen LogP contribution in [0.4, 0.5) is 0 Å². The SMILES string of the molecule is CC(=O)Oc1cc(CO)c2c(c1/C=C/c1ccccc1)C(=O)c1cc(O[C@H]3O[C@@H](C)[C@@H](O)[C@@H](O)[C@H]3O)c(Cc3cccc(C4(O)CCCC4)c3)c(O)c1C2=O. The van der Waals surface area contributed by atoms with Gasteiger partial charge in [0.2, 0.25) is 6.29 Å². The molecule has 1 saturated carbocycles. The van der Waals surface area contributed by atoms with Gasteiger partial charge in [-0.25, -0.2) is 0 Å². The summed E-state index contributed by atoms with van der Waals surface area (Å²) in [5, 5.41) is 65.7. The van der Waals surface area contributed by atoms with E-state index in [1.807, 2.05) is 36.4 Å². The van der Waals surface area contributed by atoms with E-state index in [0.717, 1.165) is 18.4 Å². The molecule has 0 amide bonds. The summed E-state index contributed by atoms with van der Waals surface area (Å²) in [6.07, 6.45) is -1.35. The van der Waals surface area contributed by atoms with E-state index in [0.29, 0.717) is 24.0 Å². The second-order valence-electron chi connectivity index (χ2n) is 14.4. The van der Waals surface area contributed by atoms with Gasteiger partial charge in [-0.05, 0) is 60.2 Å². The van der Waals surface area contributed by atoms with Gasteiger partial charge in [-0.15, -0.1) is 0 Å². The number of aliphatic hydroxyl groups excluding tert-OH is 4. The Kier molecular flexibility index (Phi) is 10.5. The third-order valence-electron chi connectivity index (χ3n) is 10.7. The van der Waals surface area contributed by atoms with E-state index in [2.05, 4.69) is 0 Å². The lowest BCUT2D eigenvalue weighted by Crippen LogP contribution is -2.58. The Morgan fingerprint density at radius 2 is 1.60 bits per heavy atom. The molecule has 1 saturated heterocycles. The summed E-state index contributed by atoms with van der Waals surface area (Å²) in [5.74, 6) is -3.08. The summed E-state index contributed by atoms with van der Waals surface area (Å²) in [4.78, 5) is 41.6. The van der Waals surface area contributed by atoms with Crippen molar-refractivity contribution in [1.29, 1.82) is 0 Å². The monoisotopic (exact) mass is 750 g/mol. The first kappa shape index (κ1) is 38.1. The number of hydrogen-bond acceptors (Lipinski definition) is 12. The second-order valence-corrected chi connectivity index (χ2v) is 14.4. The van der Waals surface area contributed by atoms with Crippen molar-refractivity contribution in [2.24, 2.45) is 0 Å². The van der Waals surface area contributed by atoms with Gasteiger partial charge >= 0.3 is 5.97 Å². The number of carbonyl (C=O) groups excluding carboxylic acids is 3. The Morgan fingerprint density at radius 3 is 2.29 bits per heavy atom. The number of aromatic hydroxyl groups is 1. The molecular weight excluding hydrogens is 708 g/mol. The molecule has 1 aliphatic heterocycles. The van der Waals surface area contributed by atoms with Crippen molar-refractivity contribution in [3.8, 4) is 17.2 Å². The number of esters is 1. The maximum atomic E-state index is 14.7. The van der Waals surface area contributed by atoms with Gasteiger partial charge in [-0.3, -0.25) is 14.4 Å². The van der Waals surface area contributed by atoms with Gasteiger partial charge in [0.15, 0.2) is 11.6 Å². The molecule has 3 aliphatic rings. The molecule has 4 aromatic carbocycles. The number of phenols is 1. The van der Waals surface area contributed by atoms with Crippen LogP contribution in [0.15, 0.2) is 66.7 Å². The number of fused-ring (bicyclic) bond motifs is 2. The highest BCUT2D eigenvalue weighted by molar-refractivity contribution is 6.31. The normalized spacial score (nSPS) is 23.1. The summed E-state index contributed by atoms with van der Waals surface area (Å²) in [6, 6.07) is 18.8. The lowest BCUT2D eigenvalue weighted by Gasteiger charge is -2.39. The Morgan fingerprint density at radius 1 is 0.873 bits per heavy atom. The van der Waals surface area contributed by atoms with Crippen LogP contribution in [0.2, 0.25) is 0 Å². The van der Waals surface area contributed by atoms with E-state index in [4.69, 9.17) is 14.2 Å². The van der Waals surface area contributed by atoms with Crippen LogP contribution in [0, 0.1) is 0 Å². The van der Waals surface area contributed by atoms with E-state index in [-0.39, 0.29) is 56.9 Å². The Labute approximate surface area is 316 Å². The fourth-order valence-electron chi connectivity index (χ4n) is 7.78. The summed E-state index contributed by atoms with van der Waals surface area (Å²) < 4.78 is 17.4. The highest BCUT2D eigenvalue weighted by Crippen LogP contribution is 2.46. The second kappa shape index (κ2) is 15.1. The highest BCUT2D eigenvalue weighted by atomic mass is 16.7. The smallest absolute Gasteiger partial charge is 0.308 e. The number of aliphatic hydroxyl groups is 5. The van der Waals surface area contributed by atoms with Gasteiger partial charge < -0.3 is 44.8 Å². The first-order valence-corrected chi connectivity index (χ1v) is 18.2. The molecule has 12 heteroatoms. The summed E-state index contributed by atoms with van der Waals surface area (Å²) >= 11 is 0. The van der Waals surface area contributed by atoms with Crippen molar-refractivity contribution in [2.75, 3.05) is 0 Å². The minimum atomic E-state index is -1.75. The fourth-order valence-corrected chi connectivity index (χ4v) is 7.78. The maximum Gasteiger partial charge on any atom is 0.308 e. The summed E-state index contributed by atoms with van der Waals surface area (Å²) in [6.45, 7) is 1.95. The molecule has 286 valence electrons. The third-order valence-corrected chi connectivity index (χ3v) is 10.7. The van der Waals surface area contributed by atoms with Crippen LogP contribution in [0.3, 0.4) is 0 Å². The molecule has 0 radical (unpaired) electrons. The predicted octanol–water partition coefficient (Wildman–Crippen LogP) is 4.31. The molecule has 55 heavy (non-hydrogen) atoms. The quantitative estimate of drug-likeness (QED) is 0.0710. The molecule has 0 unspecified atom stereocenters. The largest absolute Gasteiger partial charge is 0.507 e. The Hall–Kier alpha value is -5.21. The molecule has 0 bridgehead atoms. The molecule has 6 N–H and O–H groups in total. The minimum Gasteiger partial charge on any atom is -0.507 e. The van der Waals surface area contributed by atoms with Crippen LogP contribution in [-0.2, 0) is 28.2 Å². The van der Waals surface area contributed by atoms with Gasteiger partial charge in [0, 0.05) is 41.2 Å². The van der Waals surface area contributed by atoms with Crippen LogP contribution < -0.4 is 9.47 Å². The van der Waals surface area contributed by atoms with Crippen LogP contribution in [0.1, 0.15) is 105 Å². The van der Waals surface area contributed by atoms with Crippen molar-refractivity contribution in [1.82, 2.24) is 0 Å². The van der Waals surface area contributed by atoms with E-state index in [9.17, 15) is 45.0 Å². The predicted molar refractivity (Wildman–Crippen MR) is 199 cm³/mol. The first-order valence-electron chi connectivity index (χ1n) is 18.2.